The normalized spacial score (nSPS) is 11.3. The predicted molar refractivity (Wildman–Crippen MR) is 123 cm³/mol. The number of sulfonamides is 1. The van der Waals surface area contributed by atoms with Gasteiger partial charge in [-0.3, -0.25) is 10.0 Å². The number of methoxy groups -OCH3 is 1. The number of hydrogen-bond acceptors (Lipinski definition) is 6. The average molecular weight is 436 g/mol. The Morgan fingerprint density at radius 1 is 0.903 bits per heavy atom. The number of pyridine rings is 1. The number of ether oxygens (including phenoxy) is 1. The van der Waals surface area contributed by atoms with Crippen molar-refractivity contribution in [1.82, 2.24) is 4.98 Å². The van der Waals surface area contributed by atoms with E-state index in [1.54, 1.807) is 30.3 Å². The second-order valence-corrected chi connectivity index (χ2v) is 8.65. The minimum atomic E-state index is -3.36. The zero-order chi connectivity index (χ0) is 22.0. The number of carbonyl (C=O) groups excluding carboxylic acids is 1. The van der Waals surface area contributed by atoms with E-state index >= 15 is 0 Å². The van der Waals surface area contributed by atoms with Gasteiger partial charge in [-0.25, -0.2) is 18.2 Å². The molecule has 0 radical (unpaired) electrons. The second-order valence-electron chi connectivity index (χ2n) is 6.90. The maximum Gasteiger partial charge on any atom is 0.411 e. The molecule has 0 unspecified atom stereocenters. The fourth-order valence-corrected chi connectivity index (χ4v) is 3.88. The molecule has 9 heteroatoms. The quantitative estimate of drug-likeness (QED) is 0.392. The van der Waals surface area contributed by atoms with Gasteiger partial charge in [-0.05, 0) is 42.5 Å². The van der Waals surface area contributed by atoms with Crippen LogP contribution < -0.4 is 15.4 Å². The van der Waals surface area contributed by atoms with Crippen LogP contribution in [0, 0.1) is 0 Å². The smallest absolute Gasteiger partial charge is 0.411 e. The molecule has 0 atom stereocenters. The number of nitrogens with one attached hydrogen (secondary N) is 3. The summed E-state index contributed by atoms with van der Waals surface area (Å²) in [6.45, 7) is 0. The lowest BCUT2D eigenvalue weighted by Gasteiger charge is -2.16. The lowest BCUT2D eigenvalue weighted by molar-refractivity contribution is 0.187. The molecule has 158 valence electrons. The van der Waals surface area contributed by atoms with Crippen LogP contribution in [0.4, 0.5) is 27.5 Å². The maximum atomic E-state index is 11.9. The molecule has 0 aliphatic rings. The Morgan fingerprint density at radius 3 is 2.29 bits per heavy atom. The summed E-state index contributed by atoms with van der Waals surface area (Å²) >= 11 is 0. The molecule has 3 aromatic carbocycles. The molecule has 0 fully saturated rings. The summed E-state index contributed by atoms with van der Waals surface area (Å²) in [5, 5.41) is 7.74. The number of nitrogens with zero attached hydrogens (tertiary/aromatic N) is 1. The summed E-state index contributed by atoms with van der Waals surface area (Å²) in [5.74, 6) is 0. The fourth-order valence-electron chi connectivity index (χ4n) is 3.32. The Labute approximate surface area is 179 Å². The molecule has 0 aliphatic heterocycles. The summed E-state index contributed by atoms with van der Waals surface area (Å²) in [6, 6.07) is 20.0. The molecule has 1 heterocycles. The maximum absolute atomic E-state index is 11.9. The summed E-state index contributed by atoms with van der Waals surface area (Å²) in [7, 11) is -2.05. The zero-order valence-electron chi connectivity index (χ0n) is 16.8. The first-order valence-corrected chi connectivity index (χ1v) is 11.2. The SMILES string of the molecule is COC(=O)Nc1cccc2nc3ccccc3c(Nc3ccc(NS(C)(=O)=O)cc3)c12. The van der Waals surface area contributed by atoms with Crippen LogP contribution in [-0.2, 0) is 14.8 Å². The van der Waals surface area contributed by atoms with Crippen molar-refractivity contribution in [2.75, 3.05) is 28.7 Å². The minimum absolute atomic E-state index is 0.463. The predicted octanol–water partition coefficient (Wildman–Crippen LogP) is 4.68. The summed E-state index contributed by atoms with van der Waals surface area (Å²) in [5.41, 5.74) is 4.01. The second kappa shape index (κ2) is 8.11. The highest BCUT2D eigenvalue weighted by molar-refractivity contribution is 7.92. The van der Waals surface area contributed by atoms with Crippen molar-refractivity contribution in [1.29, 1.82) is 0 Å². The number of amides is 1. The Bertz CT molecular complexity index is 1390. The molecule has 0 saturated carbocycles. The van der Waals surface area contributed by atoms with E-state index in [1.165, 1.54) is 7.11 Å². The number of benzene rings is 3. The minimum Gasteiger partial charge on any atom is -0.453 e. The topological polar surface area (TPSA) is 109 Å². The van der Waals surface area contributed by atoms with Crippen molar-refractivity contribution in [3.05, 3.63) is 66.7 Å². The number of carbonyl (C=O) groups is 1. The number of rotatable bonds is 5. The number of aromatic nitrogens is 1. The lowest BCUT2D eigenvalue weighted by Crippen LogP contribution is -2.11. The first-order valence-electron chi connectivity index (χ1n) is 9.35. The van der Waals surface area contributed by atoms with E-state index in [-0.39, 0.29) is 0 Å². The van der Waals surface area contributed by atoms with Crippen molar-refractivity contribution in [2.24, 2.45) is 0 Å². The molecule has 4 aromatic rings. The molecule has 8 nitrogen and oxygen atoms in total. The zero-order valence-corrected chi connectivity index (χ0v) is 17.7. The van der Waals surface area contributed by atoms with E-state index in [1.807, 2.05) is 36.4 Å². The van der Waals surface area contributed by atoms with Crippen LogP contribution in [0.25, 0.3) is 21.8 Å². The molecule has 0 bridgehead atoms. The van der Waals surface area contributed by atoms with Crippen molar-refractivity contribution >= 4 is 60.7 Å². The Balaban J connectivity index is 1.85. The van der Waals surface area contributed by atoms with E-state index in [0.29, 0.717) is 16.9 Å². The number of hydrogen-bond donors (Lipinski definition) is 3. The number of para-hydroxylation sites is 1. The molecule has 0 aliphatic carbocycles. The molecule has 1 amide bonds. The molecule has 0 saturated heterocycles. The van der Waals surface area contributed by atoms with Crippen LogP contribution in [-0.4, -0.2) is 32.9 Å². The summed E-state index contributed by atoms with van der Waals surface area (Å²) < 4.78 is 30.1. The van der Waals surface area contributed by atoms with Gasteiger partial charge in [0.2, 0.25) is 10.0 Å². The van der Waals surface area contributed by atoms with E-state index < -0.39 is 16.1 Å². The third-order valence-electron chi connectivity index (χ3n) is 4.59. The summed E-state index contributed by atoms with van der Waals surface area (Å²) in [4.78, 5) is 16.6. The monoisotopic (exact) mass is 436 g/mol. The third-order valence-corrected chi connectivity index (χ3v) is 5.19. The van der Waals surface area contributed by atoms with Gasteiger partial charge in [0.15, 0.2) is 0 Å². The molecular formula is C22H20N4O4S. The van der Waals surface area contributed by atoms with Gasteiger partial charge in [-0.15, -0.1) is 0 Å². The Morgan fingerprint density at radius 2 is 1.58 bits per heavy atom. The van der Waals surface area contributed by atoms with Crippen LogP contribution in [0.3, 0.4) is 0 Å². The van der Waals surface area contributed by atoms with Gasteiger partial charge in [0, 0.05) is 22.1 Å². The van der Waals surface area contributed by atoms with Crippen LogP contribution in [0.15, 0.2) is 66.7 Å². The van der Waals surface area contributed by atoms with Crippen LogP contribution in [0.2, 0.25) is 0 Å². The van der Waals surface area contributed by atoms with Crippen LogP contribution in [0.1, 0.15) is 0 Å². The highest BCUT2D eigenvalue weighted by atomic mass is 32.2. The van der Waals surface area contributed by atoms with Gasteiger partial charge in [-0.1, -0.05) is 24.3 Å². The standard InChI is InChI=1S/C22H20N4O4S/c1-30-22(27)25-19-9-5-8-18-20(19)21(16-6-3-4-7-17(16)24-18)23-14-10-12-15(13-11-14)26-31(2,28)29/h3-13,26H,1-2H3,(H,23,24)(H,25,27). The molecule has 0 spiro atoms. The van der Waals surface area contributed by atoms with Crippen molar-refractivity contribution in [3.63, 3.8) is 0 Å². The van der Waals surface area contributed by atoms with Crippen LogP contribution in [0.5, 0.6) is 0 Å². The molecule has 1 aromatic heterocycles. The molecule has 31 heavy (non-hydrogen) atoms. The average Bonchev–Trinajstić information content (AvgIpc) is 2.73. The van der Waals surface area contributed by atoms with Gasteiger partial charge in [0.1, 0.15) is 0 Å². The number of fused-ring (bicyclic) bond motifs is 2. The Kier molecular flexibility index (Phi) is 5.35. The number of anilines is 4. The van der Waals surface area contributed by atoms with Gasteiger partial charge in [-0.2, -0.15) is 0 Å². The summed E-state index contributed by atoms with van der Waals surface area (Å²) in [6.07, 6.45) is 0.521. The molecule has 4 rings (SSSR count). The van der Waals surface area contributed by atoms with E-state index in [4.69, 9.17) is 9.72 Å². The lowest BCUT2D eigenvalue weighted by atomic mass is 10.1. The van der Waals surface area contributed by atoms with Crippen LogP contribution >= 0.6 is 0 Å². The van der Waals surface area contributed by atoms with Crippen molar-refractivity contribution < 1.29 is 17.9 Å². The van der Waals surface area contributed by atoms with Crippen molar-refractivity contribution in [2.45, 2.75) is 0 Å². The highest BCUT2D eigenvalue weighted by Gasteiger charge is 2.15. The first kappa shape index (κ1) is 20.4. The van der Waals surface area contributed by atoms with E-state index in [9.17, 15) is 13.2 Å². The fraction of sp³-hybridized carbons (Fsp3) is 0.0909. The van der Waals surface area contributed by atoms with Gasteiger partial charge < -0.3 is 10.1 Å². The largest absolute Gasteiger partial charge is 0.453 e. The van der Waals surface area contributed by atoms with Gasteiger partial charge in [0.05, 0.1) is 35.8 Å². The Hall–Kier alpha value is -3.85. The van der Waals surface area contributed by atoms with Gasteiger partial charge in [0.25, 0.3) is 0 Å². The van der Waals surface area contributed by atoms with Gasteiger partial charge >= 0.3 is 6.09 Å². The third kappa shape index (κ3) is 4.51. The highest BCUT2D eigenvalue weighted by Crippen LogP contribution is 2.37. The van der Waals surface area contributed by atoms with E-state index in [0.717, 1.165) is 33.9 Å². The van der Waals surface area contributed by atoms with Crippen molar-refractivity contribution in [3.8, 4) is 0 Å². The van der Waals surface area contributed by atoms with E-state index in [2.05, 4.69) is 15.4 Å². The molecule has 3 N–H and O–H groups in total. The molecular weight excluding hydrogens is 416 g/mol. The first-order chi connectivity index (χ1) is 14.8.